The summed E-state index contributed by atoms with van der Waals surface area (Å²) in [5.41, 5.74) is 2.08. The lowest BCUT2D eigenvalue weighted by molar-refractivity contribution is -0.114. The number of fused-ring (bicyclic) bond motifs is 2. The van der Waals surface area contributed by atoms with Crippen LogP contribution in [0.25, 0.3) is 20.2 Å². The van der Waals surface area contributed by atoms with Crippen molar-refractivity contribution < 1.29 is 33.8 Å². The number of benzene rings is 4. The Bertz CT molecular complexity index is 2240. The van der Waals surface area contributed by atoms with Crippen molar-refractivity contribution in [3.63, 3.8) is 0 Å². The van der Waals surface area contributed by atoms with E-state index in [1.807, 2.05) is 25.1 Å². The van der Waals surface area contributed by atoms with E-state index in [1.165, 1.54) is 38.7 Å². The average molecular weight is 981 g/mol. The molecule has 0 bridgehead atoms. The molecule has 2 N–H and O–H groups in total. The summed E-state index contributed by atoms with van der Waals surface area (Å²) < 4.78 is 23.1. The first kappa shape index (κ1) is 60.1. The summed E-state index contributed by atoms with van der Waals surface area (Å²) in [5.74, 6) is 3.53. The largest absolute Gasteiger partial charge is 0.499 e. The number of ether oxygens (including phenoxy) is 4. The molecular formula is C37H46B10Cl4O7S4-3. The Morgan fingerprint density at radius 2 is 1.19 bits per heavy atom. The monoisotopic (exact) mass is 980 g/mol. The lowest BCUT2D eigenvalue weighted by atomic mass is 9.40. The predicted octanol–water partition coefficient (Wildman–Crippen LogP) is 5.25. The summed E-state index contributed by atoms with van der Waals surface area (Å²) >= 11 is 32.0. The molecule has 0 aliphatic carbocycles. The normalized spacial score (nSPS) is 9.44. The first-order valence-corrected chi connectivity index (χ1v) is 21.1. The van der Waals surface area contributed by atoms with Crippen molar-refractivity contribution >= 4 is 199 Å². The van der Waals surface area contributed by atoms with Crippen LogP contribution in [0, 0.1) is 13.8 Å². The molecule has 6 aromatic rings. The minimum atomic E-state index is -1.46. The number of thiol groups is 1. The zero-order valence-corrected chi connectivity index (χ0v) is 39.6. The quantitative estimate of drug-likeness (QED) is 0.108. The summed E-state index contributed by atoms with van der Waals surface area (Å²) in [6.45, 7) is 5.48. The van der Waals surface area contributed by atoms with Crippen molar-refractivity contribution in [1.82, 2.24) is 0 Å². The molecule has 0 amide bonds. The van der Waals surface area contributed by atoms with Crippen LogP contribution < -0.4 is 23.7 Å². The summed E-state index contributed by atoms with van der Waals surface area (Å²) in [4.78, 5) is 12.5. The van der Waals surface area contributed by atoms with Crippen LogP contribution in [0.4, 0.5) is 0 Å². The lowest BCUT2D eigenvalue weighted by Crippen LogP contribution is -2.28. The summed E-state index contributed by atoms with van der Waals surface area (Å²) in [7, 11) is 25.9. The first-order valence-electron chi connectivity index (χ1n) is 16.5. The second-order valence-electron chi connectivity index (χ2n) is 11.1. The molecule has 0 saturated heterocycles. The second kappa shape index (κ2) is 33.6. The molecule has 0 saturated carbocycles. The second-order valence-corrected chi connectivity index (χ2v) is 16.3. The smallest absolute Gasteiger partial charge is 0.496 e. The Morgan fingerprint density at radius 1 is 0.758 bits per heavy atom. The number of aryl methyl sites for hydroxylation is 2. The molecule has 321 valence electrons. The zero-order valence-electron chi connectivity index (χ0n) is 33.2. The van der Waals surface area contributed by atoms with Crippen LogP contribution in [0.2, 0.25) is 20.1 Å². The summed E-state index contributed by atoms with van der Waals surface area (Å²) in [6.07, 6.45) is 0. The van der Waals surface area contributed by atoms with Gasteiger partial charge in [0.15, 0.2) is 0 Å². The van der Waals surface area contributed by atoms with Crippen LogP contribution in [-0.4, -0.2) is 125 Å². The Kier molecular flexibility index (Phi) is 32.5. The molecule has 0 aliphatic heterocycles. The SMILES string of the molecule is COc1cc(Cl)cc2c(C)c(B(O)O)sc12.COc1cc(Cl)cc2c(C)csc12.COc1cc(Cl)ccc1S.COc1cc(Cl)ccc1SCC(C)=O.[BH3-][B][BH3-].[B][B][BH3-].[B][B][B]. The molecule has 25 heteroatoms. The van der Waals surface area contributed by atoms with E-state index in [2.05, 4.69) is 47.5 Å². The number of carbonyl (C=O) groups is 1. The van der Waals surface area contributed by atoms with E-state index in [0.29, 0.717) is 50.6 Å². The molecule has 0 atom stereocenters. The van der Waals surface area contributed by atoms with E-state index >= 15 is 0 Å². The van der Waals surface area contributed by atoms with Gasteiger partial charge in [-0.15, -0.1) is 62.5 Å². The number of rotatable bonds is 8. The highest BCUT2D eigenvalue weighted by Gasteiger charge is 2.21. The number of Topliss-reactive ketones (excluding diaryl/α,β-unsaturated/α-hetero) is 1. The number of carbonyl (C=O) groups excluding carboxylic acids is 1. The van der Waals surface area contributed by atoms with Gasteiger partial charge in [-0.2, -0.15) is 7.06 Å². The summed E-state index contributed by atoms with van der Waals surface area (Å²) in [5, 5.41) is 25.3. The van der Waals surface area contributed by atoms with E-state index in [4.69, 9.17) is 73.1 Å². The Morgan fingerprint density at radius 3 is 1.65 bits per heavy atom. The fourth-order valence-corrected chi connectivity index (χ4v) is 8.57. The highest BCUT2D eigenvalue weighted by atomic mass is 35.5. The van der Waals surface area contributed by atoms with E-state index < -0.39 is 7.12 Å². The molecule has 62 heavy (non-hydrogen) atoms. The van der Waals surface area contributed by atoms with Crippen LogP contribution in [-0.2, 0) is 4.79 Å². The standard InChI is InChI=1S/C10H10BClO3S.C10H11ClO2S.C10H9ClOS.C7H7ClOS.B3H6.B3H3.B3/c1-5-7-3-6(12)4-8(15-2)9(7)16-10(5)11(13)14;1-7(12)6-14-10-4-3-8(11)5-9(10)13-2;1-6-5-13-10-8(6)3-7(11)4-9(10)12-2;1-9-6-4-5(8)2-3-7(6)10;3*1-3-2/h3-4,13-14H,1-2H3;3-5H,6H2,1-2H3;3-5H,1-2H3;2-4,10H,1H3;1-2H3;1H3;/q;;;;-2;-1;. The van der Waals surface area contributed by atoms with Gasteiger partial charge in [-0.1, -0.05) is 54.1 Å². The maximum atomic E-state index is 10.8. The molecule has 0 aliphatic rings. The fraction of sp³-hybridized carbons (Fsp3) is 0.216. The number of halogens is 4. The minimum absolute atomic E-state index is 0.145. The molecular weight excluding hydrogens is 935 g/mol. The lowest BCUT2D eigenvalue weighted by Gasteiger charge is -2.06. The Balaban J connectivity index is 0.000000757. The van der Waals surface area contributed by atoms with Gasteiger partial charge in [0.05, 0.1) is 43.6 Å². The third-order valence-corrected chi connectivity index (χ3v) is 12.1. The third-order valence-electron chi connectivity index (χ3n) is 7.18. The van der Waals surface area contributed by atoms with Gasteiger partial charge in [0, 0.05) is 80.1 Å². The molecule has 9 radical (unpaired) electrons. The molecule has 6 rings (SSSR count). The number of thioether (sulfide) groups is 1. The molecule has 2 aromatic heterocycles. The molecule has 0 fully saturated rings. The van der Waals surface area contributed by atoms with Crippen LogP contribution >= 0.6 is 93.5 Å². The highest BCUT2D eigenvalue weighted by molar-refractivity contribution is 8.00. The first-order chi connectivity index (χ1) is 29.4. The van der Waals surface area contributed by atoms with E-state index in [-0.39, 0.29) is 5.78 Å². The van der Waals surface area contributed by atoms with Gasteiger partial charge in [0.25, 0.3) is 0 Å². The van der Waals surface area contributed by atoms with Crippen molar-refractivity contribution in [2.75, 3.05) is 34.2 Å². The number of hydrogen-bond acceptors (Lipinski definition) is 11. The molecule has 4 aromatic carbocycles. The number of thiophene rings is 2. The van der Waals surface area contributed by atoms with Crippen LogP contribution in [0.1, 0.15) is 18.1 Å². The molecule has 2 heterocycles. The van der Waals surface area contributed by atoms with Crippen molar-refractivity contribution in [3.8, 4) is 23.0 Å². The maximum absolute atomic E-state index is 10.8. The fourth-order valence-electron chi connectivity index (χ4n) is 4.61. The van der Waals surface area contributed by atoms with E-state index in [1.54, 1.807) is 96.2 Å². The highest BCUT2D eigenvalue weighted by Crippen LogP contribution is 2.37. The van der Waals surface area contributed by atoms with Crippen LogP contribution in [0.3, 0.4) is 0 Å². The molecule has 0 unspecified atom stereocenters. The third kappa shape index (κ3) is 21.4. The van der Waals surface area contributed by atoms with Crippen molar-refractivity contribution in [2.24, 2.45) is 0 Å². The number of hydrogen-bond donors (Lipinski definition) is 3. The molecule has 0 spiro atoms. The van der Waals surface area contributed by atoms with Gasteiger partial charge < -0.3 is 36.1 Å². The van der Waals surface area contributed by atoms with Gasteiger partial charge in [-0.25, -0.2) is 0 Å². The number of ketones is 1. The average Bonchev–Trinajstić information content (AvgIpc) is 3.77. The van der Waals surface area contributed by atoms with Gasteiger partial charge in [0.1, 0.15) is 28.8 Å². The number of methoxy groups -OCH3 is 4. The van der Waals surface area contributed by atoms with Gasteiger partial charge >= 0.3 is 7.12 Å². The Hall–Kier alpha value is -1.90. The van der Waals surface area contributed by atoms with Crippen molar-refractivity contribution in [3.05, 3.63) is 97.3 Å². The van der Waals surface area contributed by atoms with Crippen LogP contribution in [0.5, 0.6) is 23.0 Å². The minimum Gasteiger partial charge on any atom is -0.496 e. The van der Waals surface area contributed by atoms with E-state index in [0.717, 1.165) is 58.7 Å². The maximum Gasteiger partial charge on any atom is 0.499 e. The van der Waals surface area contributed by atoms with Crippen molar-refractivity contribution in [2.45, 2.75) is 30.6 Å². The Labute approximate surface area is 414 Å². The van der Waals surface area contributed by atoms with Gasteiger partial charge in [-0.05, 0) is 93.5 Å². The topological polar surface area (TPSA) is 94.5 Å². The molecule has 7 nitrogen and oxygen atoms in total. The van der Waals surface area contributed by atoms with Gasteiger partial charge in [0.2, 0.25) is 0 Å². The zero-order chi connectivity index (χ0) is 47.5. The van der Waals surface area contributed by atoms with Gasteiger partial charge in [-0.3, -0.25) is 4.79 Å². The summed E-state index contributed by atoms with van der Waals surface area (Å²) in [6, 6.07) is 18.0. The predicted molar refractivity (Wildman–Crippen MR) is 295 cm³/mol. The van der Waals surface area contributed by atoms with Crippen molar-refractivity contribution in [1.29, 1.82) is 0 Å². The van der Waals surface area contributed by atoms with E-state index in [9.17, 15) is 14.8 Å². The van der Waals surface area contributed by atoms with Crippen LogP contribution in [0.15, 0.2) is 75.8 Å².